The SMILES string of the molecule is Cc1ccc(C2CN(C)Cc3cc(-c4cncnc4)ccc32)cc1. The summed E-state index contributed by atoms with van der Waals surface area (Å²) in [6.45, 7) is 4.18. The number of fused-ring (bicyclic) bond motifs is 1. The normalized spacial score (nSPS) is 17.5. The van der Waals surface area contributed by atoms with E-state index in [-0.39, 0.29) is 0 Å². The molecule has 1 atom stereocenters. The number of aromatic nitrogens is 2. The Morgan fingerprint density at radius 2 is 1.71 bits per heavy atom. The average Bonchev–Trinajstić information content (AvgIpc) is 2.62. The third kappa shape index (κ3) is 2.83. The highest BCUT2D eigenvalue weighted by molar-refractivity contribution is 5.64. The lowest BCUT2D eigenvalue weighted by Crippen LogP contribution is -2.31. The molecule has 0 bridgehead atoms. The summed E-state index contributed by atoms with van der Waals surface area (Å²) in [7, 11) is 2.20. The van der Waals surface area contributed by atoms with Crippen LogP contribution in [0.5, 0.6) is 0 Å². The van der Waals surface area contributed by atoms with Gasteiger partial charge in [0.25, 0.3) is 0 Å². The Morgan fingerprint density at radius 3 is 2.46 bits per heavy atom. The Bertz CT molecular complexity index is 841. The summed E-state index contributed by atoms with van der Waals surface area (Å²) in [4.78, 5) is 10.7. The summed E-state index contributed by atoms with van der Waals surface area (Å²) < 4.78 is 0. The molecule has 2 heterocycles. The van der Waals surface area contributed by atoms with Crippen molar-refractivity contribution in [2.75, 3.05) is 13.6 Å². The number of hydrogen-bond donors (Lipinski definition) is 0. The highest BCUT2D eigenvalue weighted by Crippen LogP contribution is 2.35. The van der Waals surface area contributed by atoms with Crippen LogP contribution in [0.1, 0.15) is 28.2 Å². The molecule has 0 saturated heterocycles. The molecule has 0 spiro atoms. The minimum atomic E-state index is 0.431. The molecule has 4 rings (SSSR count). The quantitative estimate of drug-likeness (QED) is 0.715. The summed E-state index contributed by atoms with van der Waals surface area (Å²) in [6, 6.07) is 15.7. The van der Waals surface area contributed by atoms with Crippen molar-refractivity contribution in [3.05, 3.63) is 83.4 Å². The highest BCUT2D eigenvalue weighted by atomic mass is 15.1. The lowest BCUT2D eigenvalue weighted by molar-refractivity contribution is 0.295. The largest absolute Gasteiger partial charge is 0.301 e. The van der Waals surface area contributed by atoms with E-state index in [2.05, 4.69) is 71.3 Å². The second kappa shape index (κ2) is 6.17. The van der Waals surface area contributed by atoms with Gasteiger partial charge in [0.1, 0.15) is 6.33 Å². The van der Waals surface area contributed by atoms with Crippen molar-refractivity contribution >= 4 is 0 Å². The number of aryl methyl sites for hydroxylation is 1. The van der Waals surface area contributed by atoms with Crippen molar-refractivity contribution in [1.82, 2.24) is 14.9 Å². The molecular formula is C21H21N3. The molecule has 1 aromatic heterocycles. The molecule has 3 heteroatoms. The van der Waals surface area contributed by atoms with Gasteiger partial charge in [0, 0.05) is 37.0 Å². The van der Waals surface area contributed by atoms with Crippen molar-refractivity contribution in [3.8, 4) is 11.1 Å². The maximum absolute atomic E-state index is 4.14. The highest BCUT2D eigenvalue weighted by Gasteiger charge is 2.25. The first-order chi connectivity index (χ1) is 11.7. The first-order valence-electron chi connectivity index (χ1n) is 8.34. The molecule has 0 N–H and O–H groups in total. The summed E-state index contributed by atoms with van der Waals surface area (Å²) in [5.74, 6) is 0.431. The third-order valence-corrected chi connectivity index (χ3v) is 4.83. The number of rotatable bonds is 2. The van der Waals surface area contributed by atoms with E-state index < -0.39 is 0 Å². The molecule has 1 aliphatic rings. The zero-order valence-electron chi connectivity index (χ0n) is 14.1. The topological polar surface area (TPSA) is 29.0 Å². The summed E-state index contributed by atoms with van der Waals surface area (Å²) in [5, 5.41) is 0. The van der Waals surface area contributed by atoms with Crippen molar-refractivity contribution in [2.24, 2.45) is 0 Å². The Balaban J connectivity index is 1.76. The Hall–Kier alpha value is -2.52. The van der Waals surface area contributed by atoms with Gasteiger partial charge in [-0.1, -0.05) is 42.0 Å². The van der Waals surface area contributed by atoms with Crippen molar-refractivity contribution in [1.29, 1.82) is 0 Å². The minimum absolute atomic E-state index is 0.431. The fourth-order valence-electron chi connectivity index (χ4n) is 3.56. The van der Waals surface area contributed by atoms with E-state index in [1.54, 1.807) is 6.33 Å². The van der Waals surface area contributed by atoms with Crippen LogP contribution in [0.15, 0.2) is 61.2 Å². The van der Waals surface area contributed by atoms with Gasteiger partial charge in [-0.15, -0.1) is 0 Å². The zero-order chi connectivity index (χ0) is 16.5. The van der Waals surface area contributed by atoms with Gasteiger partial charge in [0.2, 0.25) is 0 Å². The van der Waals surface area contributed by atoms with E-state index >= 15 is 0 Å². The lowest BCUT2D eigenvalue weighted by atomic mass is 9.83. The van der Waals surface area contributed by atoms with E-state index in [0.29, 0.717) is 5.92 Å². The van der Waals surface area contributed by atoms with Gasteiger partial charge in [0.15, 0.2) is 0 Å². The van der Waals surface area contributed by atoms with Crippen LogP contribution >= 0.6 is 0 Å². The van der Waals surface area contributed by atoms with Crippen LogP contribution in [0.4, 0.5) is 0 Å². The average molecular weight is 315 g/mol. The first-order valence-corrected chi connectivity index (χ1v) is 8.34. The molecule has 24 heavy (non-hydrogen) atoms. The molecule has 2 aromatic carbocycles. The van der Waals surface area contributed by atoms with Crippen LogP contribution < -0.4 is 0 Å². The number of benzene rings is 2. The standard InChI is InChI=1S/C21H21N3/c1-15-3-5-16(6-4-15)21-13-24(2)12-18-9-17(7-8-20(18)21)19-10-22-14-23-11-19/h3-11,14,21H,12-13H2,1-2H3. The van der Waals surface area contributed by atoms with E-state index in [0.717, 1.165) is 18.7 Å². The number of hydrogen-bond acceptors (Lipinski definition) is 3. The van der Waals surface area contributed by atoms with Gasteiger partial charge in [-0.2, -0.15) is 0 Å². The first kappa shape index (κ1) is 15.0. The molecule has 1 aliphatic heterocycles. The van der Waals surface area contributed by atoms with Crippen LogP contribution in [0.25, 0.3) is 11.1 Å². The molecule has 0 fully saturated rings. The second-order valence-corrected chi connectivity index (χ2v) is 6.70. The van der Waals surface area contributed by atoms with Gasteiger partial charge >= 0.3 is 0 Å². The van der Waals surface area contributed by atoms with Crippen LogP contribution in [0.3, 0.4) is 0 Å². The van der Waals surface area contributed by atoms with Crippen LogP contribution in [0, 0.1) is 6.92 Å². The maximum Gasteiger partial charge on any atom is 0.115 e. The van der Waals surface area contributed by atoms with Gasteiger partial charge in [-0.05, 0) is 42.3 Å². The molecule has 1 unspecified atom stereocenters. The molecule has 120 valence electrons. The van der Waals surface area contributed by atoms with Gasteiger partial charge in [-0.3, -0.25) is 0 Å². The molecular weight excluding hydrogens is 294 g/mol. The monoisotopic (exact) mass is 315 g/mol. The Kier molecular flexibility index (Phi) is 3.87. The van der Waals surface area contributed by atoms with Gasteiger partial charge < -0.3 is 4.90 Å². The maximum atomic E-state index is 4.14. The van der Waals surface area contributed by atoms with Crippen molar-refractivity contribution in [2.45, 2.75) is 19.4 Å². The van der Waals surface area contributed by atoms with E-state index in [4.69, 9.17) is 0 Å². The lowest BCUT2D eigenvalue weighted by Gasteiger charge is -2.33. The number of likely N-dealkylation sites (N-methyl/N-ethyl adjacent to an activating group) is 1. The van der Waals surface area contributed by atoms with Gasteiger partial charge in [0.05, 0.1) is 0 Å². The second-order valence-electron chi connectivity index (χ2n) is 6.70. The predicted molar refractivity (Wildman–Crippen MR) is 96.8 cm³/mol. The molecule has 0 radical (unpaired) electrons. The molecule has 0 saturated carbocycles. The van der Waals surface area contributed by atoms with E-state index in [1.165, 1.54) is 27.8 Å². The molecule has 0 amide bonds. The van der Waals surface area contributed by atoms with Crippen LogP contribution in [-0.4, -0.2) is 28.5 Å². The summed E-state index contributed by atoms with van der Waals surface area (Å²) >= 11 is 0. The molecule has 0 aliphatic carbocycles. The third-order valence-electron chi connectivity index (χ3n) is 4.83. The van der Waals surface area contributed by atoms with Crippen LogP contribution in [-0.2, 0) is 6.54 Å². The fraction of sp³-hybridized carbons (Fsp3) is 0.238. The van der Waals surface area contributed by atoms with Crippen molar-refractivity contribution < 1.29 is 0 Å². The fourth-order valence-corrected chi connectivity index (χ4v) is 3.56. The minimum Gasteiger partial charge on any atom is -0.301 e. The number of nitrogens with zero attached hydrogens (tertiary/aromatic N) is 3. The molecule has 3 aromatic rings. The van der Waals surface area contributed by atoms with E-state index in [1.807, 2.05) is 12.4 Å². The smallest absolute Gasteiger partial charge is 0.115 e. The van der Waals surface area contributed by atoms with Crippen LogP contribution in [0.2, 0.25) is 0 Å². The zero-order valence-corrected chi connectivity index (χ0v) is 14.1. The summed E-state index contributed by atoms with van der Waals surface area (Å²) in [6.07, 6.45) is 5.32. The Morgan fingerprint density at radius 1 is 0.958 bits per heavy atom. The molecule has 3 nitrogen and oxygen atoms in total. The predicted octanol–water partition coefficient (Wildman–Crippen LogP) is 4.03. The summed E-state index contributed by atoms with van der Waals surface area (Å²) in [5.41, 5.74) is 7.80. The van der Waals surface area contributed by atoms with E-state index in [9.17, 15) is 0 Å². The van der Waals surface area contributed by atoms with Gasteiger partial charge in [-0.25, -0.2) is 9.97 Å². The van der Waals surface area contributed by atoms with Crippen molar-refractivity contribution in [3.63, 3.8) is 0 Å². The Labute approximate surface area is 143 Å².